The van der Waals surface area contributed by atoms with Gasteiger partial charge in [0.1, 0.15) is 0 Å². The van der Waals surface area contributed by atoms with Gasteiger partial charge in [-0.25, -0.2) is 0 Å². The number of nitrogens with two attached hydrogens (primary N) is 1. The Morgan fingerprint density at radius 1 is 0.952 bits per heavy atom. The first-order chi connectivity index (χ1) is 10.1. The Balaban J connectivity index is 1.95. The van der Waals surface area contributed by atoms with E-state index in [1.807, 2.05) is 0 Å². The van der Waals surface area contributed by atoms with Gasteiger partial charge in [0, 0.05) is 25.0 Å². The first-order valence-corrected chi connectivity index (χ1v) is 7.62. The van der Waals surface area contributed by atoms with Crippen LogP contribution < -0.4 is 5.73 Å². The van der Waals surface area contributed by atoms with Crippen molar-refractivity contribution in [3.8, 4) is 0 Å². The molecule has 0 fully saturated rings. The Morgan fingerprint density at radius 2 is 1.52 bits per heavy atom. The van der Waals surface area contributed by atoms with Gasteiger partial charge in [-0.05, 0) is 24.6 Å². The molecule has 1 atom stereocenters. The maximum atomic E-state index is 6.07. The van der Waals surface area contributed by atoms with Gasteiger partial charge in [0.15, 0.2) is 0 Å². The number of benzene rings is 2. The average molecular weight is 282 g/mol. The molecule has 0 aliphatic heterocycles. The van der Waals surface area contributed by atoms with Gasteiger partial charge in [0.05, 0.1) is 0 Å². The second kappa shape index (κ2) is 7.39. The predicted octanol–water partition coefficient (Wildman–Crippen LogP) is 3.08. The minimum absolute atomic E-state index is 0.00664. The lowest BCUT2D eigenvalue weighted by molar-refractivity contribution is 0.262. The van der Waals surface area contributed by atoms with E-state index >= 15 is 0 Å². The summed E-state index contributed by atoms with van der Waals surface area (Å²) in [6.07, 6.45) is 1.08. The Hall–Kier alpha value is -1.64. The minimum atomic E-state index is 0.00664. The van der Waals surface area contributed by atoms with Crippen molar-refractivity contribution < 1.29 is 0 Å². The van der Waals surface area contributed by atoms with E-state index in [1.54, 1.807) is 0 Å². The largest absolute Gasteiger partial charge is 0.330 e. The van der Waals surface area contributed by atoms with E-state index in [9.17, 15) is 0 Å². The van der Waals surface area contributed by atoms with Crippen LogP contribution in [-0.2, 0) is 11.8 Å². The van der Waals surface area contributed by atoms with E-state index < -0.39 is 0 Å². The normalized spacial score (nSPS) is 14.1. The number of nitrogens with zero attached hydrogens (tertiary/aromatic N) is 1. The summed E-state index contributed by atoms with van der Waals surface area (Å²) in [5, 5.41) is 0. The Labute approximate surface area is 128 Å². The molecule has 1 unspecified atom stereocenters. The van der Waals surface area contributed by atoms with Gasteiger partial charge in [0.2, 0.25) is 0 Å². The molecule has 2 aromatic carbocycles. The van der Waals surface area contributed by atoms with Crippen LogP contribution in [0.25, 0.3) is 0 Å². The van der Waals surface area contributed by atoms with Crippen LogP contribution in [0.2, 0.25) is 0 Å². The van der Waals surface area contributed by atoms with Crippen molar-refractivity contribution in [3.63, 3.8) is 0 Å². The molecule has 21 heavy (non-hydrogen) atoms. The molecule has 2 N–H and O–H groups in total. The predicted molar refractivity (Wildman–Crippen MR) is 90.5 cm³/mol. The number of hydrogen-bond donors (Lipinski definition) is 1. The fourth-order valence-electron chi connectivity index (χ4n) is 2.75. The fraction of sp³-hybridized carbons (Fsp3) is 0.368. The van der Waals surface area contributed by atoms with E-state index in [1.165, 1.54) is 11.1 Å². The van der Waals surface area contributed by atoms with Crippen molar-refractivity contribution in [1.82, 2.24) is 4.90 Å². The maximum absolute atomic E-state index is 6.07. The molecule has 2 nitrogen and oxygen atoms in total. The zero-order valence-electron chi connectivity index (χ0n) is 13.1. The highest BCUT2D eigenvalue weighted by atomic mass is 15.1. The number of rotatable bonds is 7. The van der Waals surface area contributed by atoms with Gasteiger partial charge in [-0.15, -0.1) is 0 Å². The summed E-state index contributed by atoms with van der Waals surface area (Å²) in [5.74, 6) is 0. The smallest absolute Gasteiger partial charge is 0.0174 e. The fourth-order valence-corrected chi connectivity index (χ4v) is 2.75. The van der Waals surface area contributed by atoms with Crippen LogP contribution in [-0.4, -0.2) is 31.6 Å². The van der Waals surface area contributed by atoms with Crippen molar-refractivity contribution in [2.45, 2.75) is 18.8 Å². The lowest BCUT2D eigenvalue weighted by Crippen LogP contribution is -2.43. The van der Waals surface area contributed by atoms with Crippen LogP contribution in [0.4, 0.5) is 0 Å². The van der Waals surface area contributed by atoms with Gasteiger partial charge in [-0.2, -0.15) is 0 Å². The molecule has 2 rings (SSSR count). The van der Waals surface area contributed by atoms with Crippen LogP contribution in [0.1, 0.15) is 18.1 Å². The van der Waals surface area contributed by atoms with E-state index in [0.717, 1.165) is 19.5 Å². The van der Waals surface area contributed by atoms with E-state index in [4.69, 9.17) is 5.73 Å². The summed E-state index contributed by atoms with van der Waals surface area (Å²) in [6, 6.07) is 21.2. The van der Waals surface area contributed by atoms with Crippen LogP contribution in [0, 0.1) is 0 Å². The molecule has 0 aliphatic carbocycles. The van der Waals surface area contributed by atoms with Crippen molar-refractivity contribution >= 4 is 0 Å². The minimum Gasteiger partial charge on any atom is -0.330 e. The van der Waals surface area contributed by atoms with Gasteiger partial charge < -0.3 is 10.6 Å². The Bertz CT molecular complexity index is 524. The molecule has 2 heteroatoms. The van der Waals surface area contributed by atoms with Crippen molar-refractivity contribution in [2.24, 2.45) is 5.73 Å². The van der Waals surface area contributed by atoms with E-state index in [2.05, 4.69) is 79.5 Å². The molecule has 0 aromatic heterocycles. The molecule has 112 valence electrons. The standard InChI is InChI=1S/C19H26N2/c1-19(15-20,18-11-7-4-8-12-18)16-21(2)14-13-17-9-5-3-6-10-17/h3-12H,13-16,20H2,1-2H3. The average Bonchev–Trinajstić information content (AvgIpc) is 2.54. The van der Waals surface area contributed by atoms with E-state index in [-0.39, 0.29) is 5.41 Å². The first kappa shape index (κ1) is 15.7. The third-order valence-electron chi connectivity index (χ3n) is 4.17. The highest BCUT2D eigenvalue weighted by Crippen LogP contribution is 2.23. The molecular weight excluding hydrogens is 256 g/mol. The van der Waals surface area contributed by atoms with Gasteiger partial charge >= 0.3 is 0 Å². The summed E-state index contributed by atoms with van der Waals surface area (Å²) >= 11 is 0. The van der Waals surface area contributed by atoms with Crippen LogP contribution >= 0.6 is 0 Å². The highest BCUT2D eigenvalue weighted by Gasteiger charge is 2.26. The summed E-state index contributed by atoms with van der Waals surface area (Å²) < 4.78 is 0. The molecule has 0 heterocycles. The molecule has 0 amide bonds. The van der Waals surface area contributed by atoms with Gasteiger partial charge in [0.25, 0.3) is 0 Å². The number of hydrogen-bond acceptors (Lipinski definition) is 2. The van der Waals surface area contributed by atoms with Gasteiger partial charge in [-0.3, -0.25) is 0 Å². The quantitative estimate of drug-likeness (QED) is 0.845. The van der Waals surface area contributed by atoms with Crippen LogP contribution in [0.5, 0.6) is 0 Å². The highest BCUT2D eigenvalue weighted by molar-refractivity contribution is 5.25. The summed E-state index contributed by atoms with van der Waals surface area (Å²) in [6.45, 7) is 4.93. The summed E-state index contributed by atoms with van der Waals surface area (Å²) in [5.41, 5.74) is 8.78. The van der Waals surface area contributed by atoms with E-state index in [0.29, 0.717) is 6.54 Å². The molecule has 0 radical (unpaired) electrons. The SMILES string of the molecule is CN(CCc1ccccc1)CC(C)(CN)c1ccccc1. The maximum Gasteiger partial charge on any atom is 0.0174 e. The lowest BCUT2D eigenvalue weighted by atomic mass is 9.82. The summed E-state index contributed by atoms with van der Waals surface area (Å²) in [7, 11) is 2.18. The van der Waals surface area contributed by atoms with Crippen molar-refractivity contribution in [3.05, 3.63) is 71.8 Å². The molecule has 0 bridgehead atoms. The second-order valence-corrected chi connectivity index (χ2v) is 6.10. The van der Waals surface area contributed by atoms with Crippen molar-refractivity contribution in [1.29, 1.82) is 0 Å². The number of likely N-dealkylation sites (N-methyl/N-ethyl adjacent to an activating group) is 1. The zero-order valence-corrected chi connectivity index (χ0v) is 13.1. The molecule has 0 saturated heterocycles. The third kappa shape index (κ3) is 4.42. The lowest BCUT2D eigenvalue weighted by Gasteiger charge is -2.33. The molecular formula is C19H26N2. The van der Waals surface area contributed by atoms with Crippen molar-refractivity contribution in [2.75, 3.05) is 26.7 Å². The zero-order chi connectivity index (χ0) is 15.1. The van der Waals surface area contributed by atoms with Crippen LogP contribution in [0.3, 0.4) is 0 Å². The second-order valence-electron chi connectivity index (χ2n) is 6.10. The monoisotopic (exact) mass is 282 g/mol. The van der Waals surface area contributed by atoms with Gasteiger partial charge in [-0.1, -0.05) is 67.6 Å². The van der Waals surface area contributed by atoms with Crippen LogP contribution in [0.15, 0.2) is 60.7 Å². The molecule has 0 aliphatic rings. The summed E-state index contributed by atoms with van der Waals surface area (Å²) in [4.78, 5) is 2.38. The third-order valence-corrected chi connectivity index (χ3v) is 4.17. The molecule has 0 saturated carbocycles. The molecule has 2 aromatic rings. The Kier molecular flexibility index (Phi) is 5.54. The molecule has 0 spiro atoms. The Morgan fingerprint density at radius 3 is 2.10 bits per heavy atom. The topological polar surface area (TPSA) is 29.3 Å². The first-order valence-electron chi connectivity index (χ1n) is 7.62.